The number of carbonyl (C=O) groups excluding carboxylic acids is 2. The first-order valence-electron chi connectivity index (χ1n) is 11.3. The summed E-state index contributed by atoms with van der Waals surface area (Å²) < 4.78 is 39.6. The van der Waals surface area contributed by atoms with Crippen LogP contribution in [0.1, 0.15) is 61.9 Å². The molecule has 2 amide bonds. The molecule has 1 aromatic carbocycles. The maximum Gasteiger partial charge on any atom is 0.390 e. The summed E-state index contributed by atoms with van der Waals surface area (Å²) in [6.45, 7) is 3.94. The number of aryl methyl sites for hydroxylation is 1. The molecule has 3 N–H and O–H groups in total. The van der Waals surface area contributed by atoms with Gasteiger partial charge in [0.15, 0.2) is 11.6 Å². The van der Waals surface area contributed by atoms with Crippen LogP contribution in [0.3, 0.4) is 0 Å². The largest absolute Gasteiger partial charge is 0.481 e. The van der Waals surface area contributed by atoms with Gasteiger partial charge in [-0.2, -0.15) is 13.2 Å². The second-order valence-electron chi connectivity index (χ2n) is 8.74. The topological polar surface area (TPSA) is 121 Å². The Morgan fingerprint density at radius 1 is 1.17 bits per heavy atom. The van der Waals surface area contributed by atoms with Crippen LogP contribution in [0.4, 0.5) is 23.8 Å². The van der Waals surface area contributed by atoms with Crippen molar-refractivity contribution in [1.82, 2.24) is 15.3 Å². The lowest BCUT2D eigenvalue weighted by molar-refractivity contribution is -0.160. The highest BCUT2D eigenvalue weighted by Crippen LogP contribution is 2.46. The van der Waals surface area contributed by atoms with Crippen LogP contribution >= 0.6 is 0 Å². The van der Waals surface area contributed by atoms with Crippen molar-refractivity contribution in [3.8, 4) is 11.3 Å². The second kappa shape index (κ2) is 10.4. The lowest BCUT2D eigenvalue weighted by Crippen LogP contribution is -2.41. The van der Waals surface area contributed by atoms with Crippen molar-refractivity contribution in [3.05, 3.63) is 41.7 Å². The van der Waals surface area contributed by atoms with E-state index in [-0.39, 0.29) is 30.3 Å². The first kappa shape index (κ1) is 26.1. The molecule has 1 heterocycles. The molecule has 0 saturated carbocycles. The molecule has 0 radical (unpaired) electrons. The van der Waals surface area contributed by atoms with E-state index in [0.29, 0.717) is 16.8 Å². The highest BCUT2D eigenvalue weighted by molar-refractivity contribution is 6.04. The van der Waals surface area contributed by atoms with E-state index in [1.807, 2.05) is 13.8 Å². The Hall–Kier alpha value is -3.50. The Morgan fingerprint density at radius 3 is 2.46 bits per heavy atom. The number of nitrogens with one attached hydrogen (secondary N) is 2. The van der Waals surface area contributed by atoms with Gasteiger partial charge in [0.05, 0.1) is 36.3 Å². The quantitative estimate of drug-likeness (QED) is 0.477. The second-order valence-corrected chi connectivity index (χ2v) is 8.74. The first-order valence-corrected chi connectivity index (χ1v) is 11.3. The van der Waals surface area contributed by atoms with Gasteiger partial charge in [0, 0.05) is 17.2 Å². The smallest absolute Gasteiger partial charge is 0.390 e. The Labute approximate surface area is 200 Å². The van der Waals surface area contributed by atoms with Crippen LogP contribution in [0.2, 0.25) is 0 Å². The molecule has 0 aliphatic heterocycles. The van der Waals surface area contributed by atoms with Gasteiger partial charge in [-0.3, -0.25) is 19.9 Å². The Balaban J connectivity index is 1.79. The number of Topliss-reactive ketones (excluding diaryl/α,β-unsaturated/α-hetero) is 1. The van der Waals surface area contributed by atoms with Crippen molar-refractivity contribution in [2.45, 2.75) is 64.6 Å². The van der Waals surface area contributed by atoms with Gasteiger partial charge in [-0.1, -0.05) is 26.0 Å². The number of hydrogen-bond acceptors (Lipinski definition) is 5. The van der Waals surface area contributed by atoms with Crippen LogP contribution < -0.4 is 10.6 Å². The fourth-order valence-electron chi connectivity index (χ4n) is 4.40. The number of carboxylic acids is 1. The van der Waals surface area contributed by atoms with Crippen LogP contribution in [-0.4, -0.2) is 45.1 Å². The fraction of sp³-hybridized carbons (Fsp3) is 0.458. The number of ketones is 1. The molecule has 1 aliphatic carbocycles. The highest BCUT2D eigenvalue weighted by Gasteiger charge is 2.50. The lowest BCUT2D eigenvalue weighted by Gasteiger charge is -2.36. The summed E-state index contributed by atoms with van der Waals surface area (Å²) in [4.78, 5) is 44.8. The lowest BCUT2D eigenvalue weighted by atomic mass is 9.66. The number of carbonyl (C=O) groups is 3. The molecule has 188 valence electrons. The predicted molar refractivity (Wildman–Crippen MR) is 122 cm³/mol. The molecule has 0 bridgehead atoms. The van der Waals surface area contributed by atoms with Crippen LogP contribution in [0.5, 0.6) is 0 Å². The molecule has 0 saturated heterocycles. The maximum absolute atomic E-state index is 13.2. The Kier molecular flexibility index (Phi) is 7.76. The number of alkyl halides is 3. The minimum atomic E-state index is -4.67. The van der Waals surface area contributed by atoms with Crippen LogP contribution in [0, 0.1) is 5.41 Å². The van der Waals surface area contributed by atoms with Crippen molar-refractivity contribution < 1.29 is 32.7 Å². The summed E-state index contributed by atoms with van der Waals surface area (Å²) >= 11 is 0. The monoisotopic (exact) mass is 492 g/mol. The van der Waals surface area contributed by atoms with Gasteiger partial charge in [-0.05, 0) is 37.3 Å². The third-order valence-electron chi connectivity index (χ3n) is 6.24. The van der Waals surface area contributed by atoms with Gasteiger partial charge in [-0.25, -0.2) is 9.78 Å². The van der Waals surface area contributed by atoms with Gasteiger partial charge in [0.1, 0.15) is 0 Å². The minimum absolute atomic E-state index is 0.0470. The number of carboxylic acid groups (broad SMARTS) is 1. The van der Waals surface area contributed by atoms with Gasteiger partial charge < -0.3 is 10.4 Å². The summed E-state index contributed by atoms with van der Waals surface area (Å²) in [5.74, 6) is -2.00. The van der Waals surface area contributed by atoms with E-state index in [4.69, 9.17) is 5.11 Å². The molecule has 1 aliphatic rings. The average Bonchev–Trinajstić information content (AvgIpc) is 2.79. The van der Waals surface area contributed by atoms with Gasteiger partial charge >= 0.3 is 18.2 Å². The normalized spacial score (nSPS) is 17.7. The molecule has 11 heteroatoms. The number of urea groups is 1. The SMILES string of the molecule is CCC(CC)NC(=O)Nc1cnc(-c2ccc3c(c2)CCC(CC(=O)O)(CC(F)(F)F)C3=O)cn1. The van der Waals surface area contributed by atoms with Crippen molar-refractivity contribution >= 4 is 23.6 Å². The number of rotatable bonds is 8. The number of amides is 2. The van der Waals surface area contributed by atoms with E-state index in [0.717, 1.165) is 12.8 Å². The molecule has 1 unspecified atom stereocenters. The molecule has 1 aromatic heterocycles. The summed E-state index contributed by atoms with van der Waals surface area (Å²) in [5.41, 5.74) is -0.345. The number of halogens is 3. The summed E-state index contributed by atoms with van der Waals surface area (Å²) in [5, 5.41) is 14.6. The number of hydrogen-bond donors (Lipinski definition) is 3. The molecular weight excluding hydrogens is 465 g/mol. The average molecular weight is 492 g/mol. The highest BCUT2D eigenvalue weighted by atomic mass is 19.4. The van der Waals surface area contributed by atoms with E-state index in [9.17, 15) is 27.6 Å². The molecule has 0 spiro atoms. The Morgan fingerprint density at radius 2 is 1.89 bits per heavy atom. The standard InChI is InChI=1S/C24H27F3N4O4/c1-3-16(4-2)30-22(35)31-19-12-28-18(11-29-19)15-5-6-17-14(9-15)7-8-23(21(17)34,10-20(32)33)13-24(25,26)27/h5-6,9,11-12,16H,3-4,7-8,10,13H2,1-2H3,(H,32,33)(H2,29,30,31,35). The van der Waals surface area contributed by atoms with E-state index >= 15 is 0 Å². The number of aromatic nitrogens is 2. The maximum atomic E-state index is 13.2. The van der Waals surface area contributed by atoms with Crippen molar-refractivity contribution in [2.24, 2.45) is 5.41 Å². The van der Waals surface area contributed by atoms with Gasteiger partial charge in [0.2, 0.25) is 0 Å². The van der Waals surface area contributed by atoms with Gasteiger partial charge in [0.25, 0.3) is 0 Å². The van der Waals surface area contributed by atoms with Crippen molar-refractivity contribution in [1.29, 1.82) is 0 Å². The number of anilines is 1. The zero-order valence-corrected chi connectivity index (χ0v) is 19.4. The number of nitrogens with zero attached hydrogens (tertiary/aromatic N) is 2. The van der Waals surface area contributed by atoms with Crippen LogP contribution in [0.15, 0.2) is 30.6 Å². The van der Waals surface area contributed by atoms with E-state index < -0.39 is 42.2 Å². The van der Waals surface area contributed by atoms with Crippen molar-refractivity contribution in [3.63, 3.8) is 0 Å². The van der Waals surface area contributed by atoms with Crippen molar-refractivity contribution in [2.75, 3.05) is 5.32 Å². The molecule has 3 rings (SSSR count). The summed E-state index contributed by atoms with van der Waals surface area (Å²) in [7, 11) is 0. The molecule has 1 atom stereocenters. The molecular formula is C24H27F3N4O4. The third kappa shape index (κ3) is 6.34. The molecule has 8 nitrogen and oxygen atoms in total. The summed E-state index contributed by atoms with van der Waals surface area (Å²) in [6, 6.07) is 4.26. The van der Waals surface area contributed by atoms with Crippen LogP contribution in [-0.2, 0) is 11.2 Å². The number of benzene rings is 1. The molecule has 0 fully saturated rings. The first-order chi connectivity index (χ1) is 16.5. The van der Waals surface area contributed by atoms with E-state index in [1.165, 1.54) is 24.5 Å². The number of aliphatic carboxylic acids is 1. The molecule has 2 aromatic rings. The molecule has 35 heavy (non-hydrogen) atoms. The summed E-state index contributed by atoms with van der Waals surface area (Å²) in [6.07, 6.45) is -2.69. The van der Waals surface area contributed by atoms with Gasteiger partial charge in [-0.15, -0.1) is 0 Å². The Bertz CT molecular complexity index is 1100. The fourth-order valence-corrected chi connectivity index (χ4v) is 4.40. The van der Waals surface area contributed by atoms with Crippen LogP contribution in [0.25, 0.3) is 11.3 Å². The predicted octanol–water partition coefficient (Wildman–Crippen LogP) is 5.00. The zero-order chi connectivity index (χ0) is 25.8. The van der Waals surface area contributed by atoms with E-state index in [2.05, 4.69) is 20.6 Å². The minimum Gasteiger partial charge on any atom is -0.481 e. The number of fused-ring (bicyclic) bond motifs is 1. The van der Waals surface area contributed by atoms with E-state index in [1.54, 1.807) is 6.07 Å². The third-order valence-corrected chi connectivity index (χ3v) is 6.24. The zero-order valence-electron chi connectivity index (χ0n) is 19.4.